The molecule has 1 rings (SSSR count). The van der Waals surface area contributed by atoms with Crippen LogP contribution in [0.25, 0.3) is 0 Å². The van der Waals surface area contributed by atoms with Crippen LogP contribution in [0.4, 0.5) is 4.79 Å². The second kappa shape index (κ2) is 8.34. The second-order valence-electron chi connectivity index (χ2n) is 6.87. The molecule has 1 aromatic heterocycles. The number of rotatable bonds is 8. The van der Waals surface area contributed by atoms with Crippen LogP contribution in [-0.2, 0) is 17.8 Å². The Morgan fingerprint density at radius 3 is 2.43 bits per heavy atom. The molecule has 6 heteroatoms. The minimum absolute atomic E-state index is 0.153. The van der Waals surface area contributed by atoms with Crippen molar-refractivity contribution in [3.05, 3.63) is 18.2 Å². The highest BCUT2D eigenvalue weighted by molar-refractivity contribution is 5.67. The Balaban J connectivity index is 2.62. The predicted molar refractivity (Wildman–Crippen MR) is 92.3 cm³/mol. The molecule has 0 aliphatic carbocycles. The number of carbonyl (C=O) groups excluding carboxylic acids is 1. The third kappa shape index (κ3) is 6.22. The number of nitrogens with one attached hydrogen (secondary N) is 2. The van der Waals surface area contributed by atoms with Crippen LogP contribution in [0.3, 0.4) is 0 Å². The fourth-order valence-electron chi connectivity index (χ4n) is 2.43. The zero-order valence-corrected chi connectivity index (χ0v) is 15.4. The average Bonchev–Trinajstić information content (AvgIpc) is 2.94. The van der Waals surface area contributed by atoms with E-state index in [-0.39, 0.29) is 11.6 Å². The number of imidazole rings is 1. The number of alkyl carbamates (subject to hydrolysis) is 1. The lowest BCUT2D eigenvalue weighted by molar-refractivity contribution is 0.0507. The zero-order valence-electron chi connectivity index (χ0n) is 15.4. The van der Waals surface area contributed by atoms with Crippen LogP contribution in [-0.4, -0.2) is 33.3 Å². The van der Waals surface area contributed by atoms with Gasteiger partial charge >= 0.3 is 6.09 Å². The van der Waals surface area contributed by atoms with Crippen LogP contribution >= 0.6 is 0 Å². The summed E-state index contributed by atoms with van der Waals surface area (Å²) >= 11 is 0. The monoisotopic (exact) mass is 324 g/mol. The van der Waals surface area contributed by atoms with Crippen molar-refractivity contribution in [2.45, 2.75) is 78.6 Å². The lowest BCUT2D eigenvalue weighted by Gasteiger charge is -2.34. The molecule has 23 heavy (non-hydrogen) atoms. The molecule has 0 unspecified atom stereocenters. The molecule has 0 saturated carbocycles. The molecule has 6 nitrogen and oxygen atoms in total. The Kier molecular flexibility index (Phi) is 7.06. The first-order chi connectivity index (χ1) is 10.7. The molecule has 0 bridgehead atoms. The summed E-state index contributed by atoms with van der Waals surface area (Å²) in [5.41, 5.74) is 0.516. The third-order valence-corrected chi connectivity index (χ3v) is 4.11. The molecular weight excluding hydrogens is 292 g/mol. The number of ether oxygens (including phenoxy) is 1. The van der Waals surface area contributed by atoms with E-state index in [2.05, 4.69) is 41.0 Å². The summed E-state index contributed by atoms with van der Waals surface area (Å²) in [6.07, 6.45) is 5.19. The Morgan fingerprint density at radius 1 is 1.26 bits per heavy atom. The van der Waals surface area contributed by atoms with Gasteiger partial charge in [0.25, 0.3) is 0 Å². The summed E-state index contributed by atoms with van der Waals surface area (Å²) in [7, 11) is 0. The maximum atomic E-state index is 11.9. The quantitative estimate of drug-likeness (QED) is 0.771. The molecular formula is C17H32N4O2. The molecule has 1 heterocycles. The lowest BCUT2D eigenvalue weighted by Crippen LogP contribution is -2.53. The van der Waals surface area contributed by atoms with Crippen LogP contribution in [0.15, 0.2) is 12.5 Å². The van der Waals surface area contributed by atoms with Crippen LogP contribution < -0.4 is 10.6 Å². The van der Waals surface area contributed by atoms with Crippen LogP contribution in [0.2, 0.25) is 0 Å². The minimum Gasteiger partial charge on any atom is -0.444 e. The molecule has 0 aliphatic heterocycles. The fourth-order valence-corrected chi connectivity index (χ4v) is 2.43. The van der Waals surface area contributed by atoms with Gasteiger partial charge in [-0.15, -0.1) is 0 Å². The molecule has 0 aliphatic rings. The van der Waals surface area contributed by atoms with E-state index in [0.717, 1.165) is 31.6 Å². The number of amides is 1. The van der Waals surface area contributed by atoms with Gasteiger partial charge in [-0.3, -0.25) is 0 Å². The van der Waals surface area contributed by atoms with Crippen LogP contribution in [0.5, 0.6) is 0 Å². The van der Waals surface area contributed by atoms with E-state index in [0.29, 0.717) is 6.54 Å². The highest BCUT2D eigenvalue weighted by Crippen LogP contribution is 2.16. The Hall–Kier alpha value is -1.56. The number of hydrogen-bond donors (Lipinski definition) is 2. The maximum Gasteiger partial charge on any atom is 0.407 e. The first-order valence-corrected chi connectivity index (χ1v) is 8.46. The van der Waals surface area contributed by atoms with Gasteiger partial charge in [-0.05, 0) is 40.5 Å². The van der Waals surface area contributed by atoms with Crippen LogP contribution in [0.1, 0.15) is 60.1 Å². The molecule has 132 valence electrons. The van der Waals surface area contributed by atoms with Crippen molar-refractivity contribution in [1.29, 1.82) is 0 Å². The van der Waals surface area contributed by atoms with Crippen molar-refractivity contribution in [2.24, 2.45) is 0 Å². The van der Waals surface area contributed by atoms with Gasteiger partial charge in [0, 0.05) is 31.4 Å². The van der Waals surface area contributed by atoms with Gasteiger partial charge in [0.1, 0.15) is 5.60 Å². The summed E-state index contributed by atoms with van der Waals surface area (Å²) in [6.45, 7) is 14.1. The molecule has 0 radical (unpaired) electrons. The number of aryl methyl sites for hydroxylation is 1. The van der Waals surface area contributed by atoms with Crippen molar-refractivity contribution >= 4 is 6.09 Å². The Bertz CT molecular complexity index is 487. The van der Waals surface area contributed by atoms with Crippen molar-refractivity contribution < 1.29 is 9.53 Å². The van der Waals surface area contributed by atoms with Crippen molar-refractivity contribution in [3.8, 4) is 0 Å². The number of hydrogen-bond acceptors (Lipinski definition) is 4. The van der Waals surface area contributed by atoms with E-state index >= 15 is 0 Å². The standard InChI is InChI=1S/C17H32N4O2/c1-7-17(8-2,12-19-15(22)23-16(4,5)6)20-11-14-10-18-13-21(14)9-3/h10,13,20H,7-9,11-12H2,1-6H3,(H,19,22). The number of carbonyl (C=O) groups is 1. The van der Waals surface area contributed by atoms with Crippen molar-refractivity contribution in [2.75, 3.05) is 6.54 Å². The van der Waals surface area contributed by atoms with Gasteiger partial charge in [-0.25, -0.2) is 9.78 Å². The van der Waals surface area contributed by atoms with Gasteiger partial charge in [0.15, 0.2) is 0 Å². The normalized spacial score (nSPS) is 12.3. The second-order valence-corrected chi connectivity index (χ2v) is 6.87. The van der Waals surface area contributed by atoms with E-state index in [1.807, 2.05) is 33.3 Å². The summed E-state index contributed by atoms with van der Waals surface area (Å²) in [4.78, 5) is 16.1. The first-order valence-electron chi connectivity index (χ1n) is 8.46. The Labute approximate surface area is 140 Å². The molecule has 0 fully saturated rings. The van der Waals surface area contributed by atoms with Crippen LogP contribution in [0, 0.1) is 0 Å². The lowest BCUT2D eigenvalue weighted by atomic mass is 9.92. The topological polar surface area (TPSA) is 68.2 Å². The minimum atomic E-state index is -0.480. The highest BCUT2D eigenvalue weighted by Gasteiger charge is 2.27. The third-order valence-electron chi connectivity index (χ3n) is 4.11. The molecule has 0 spiro atoms. The molecule has 2 N–H and O–H groups in total. The summed E-state index contributed by atoms with van der Waals surface area (Å²) < 4.78 is 7.43. The average molecular weight is 324 g/mol. The smallest absolute Gasteiger partial charge is 0.407 e. The number of aromatic nitrogens is 2. The Morgan fingerprint density at radius 2 is 1.91 bits per heavy atom. The van der Waals surface area contributed by atoms with E-state index < -0.39 is 5.60 Å². The van der Waals surface area contributed by atoms with Gasteiger partial charge in [0.2, 0.25) is 0 Å². The first kappa shape index (κ1) is 19.5. The SMILES string of the molecule is CCn1cncc1CNC(CC)(CC)CNC(=O)OC(C)(C)C. The maximum absolute atomic E-state index is 11.9. The fraction of sp³-hybridized carbons (Fsp3) is 0.765. The van der Waals surface area contributed by atoms with E-state index in [1.54, 1.807) is 0 Å². The van der Waals surface area contributed by atoms with Crippen molar-refractivity contribution in [1.82, 2.24) is 20.2 Å². The summed E-state index contributed by atoms with van der Waals surface area (Å²) in [5.74, 6) is 0. The van der Waals surface area contributed by atoms with E-state index in [4.69, 9.17) is 4.74 Å². The predicted octanol–water partition coefficient (Wildman–Crippen LogP) is 3.08. The van der Waals surface area contributed by atoms with E-state index in [1.165, 1.54) is 0 Å². The highest BCUT2D eigenvalue weighted by atomic mass is 16.6. The van der Waals surface area contributed by atoms with Gasteiger partial charge in [0.05, 0.1) is 12.0 Å². The summed E-state index contributed by atoms with van der Waals surface area (Å²) in [5, 5.41) is 6.49. The molecule has 0 aromatic carbocycles. The van der Waals surface area contributed by atoms with Gasteiger partial charge in [-0.1, -0.05) is 13.8 Å². The largest absolute Gasteiger partial charge is 0.444 e. The number of nitrogens with zero attached hydrogens (tertiary/aromatic N) is 2. The zero-order chi connectivity index (χ0) is 17.5. The molecule has 1 aromatic rings. The van der Waals surface area contributed by atoms with Gasteiger partial charge in [-0.2, -0.15) is 0 Å². The molecule has 1 amide bonds. The molecule has 0 saturated heterocycles. The molecule has 0 atom stereocenters. The van der Waals surface area contributed by atoms with Gasteiger partial charge < -0.3 is 19.9 Å². The van der Waals surface area contributed by atoms with E-state index in [9.17, 15) is 4.79 Å². The summed E-state index contributed by atoms with van der Waals surface area (Å²) in [6, 6.07) is 0. The van der Waals surface area contributed by atoms with Crippen molar-refractivity contribution in [3.63, 3.8) is 0 Å².